The van der Waals surface area contributed by atoms with Crippen molar-refractivity contribution >= 4 is 5.91 Å². The van der Waals surface area contributed by atoms with Gasteiger partial charge in [0.25, 0.3) is 11.5 Å². The molecule has 1 fully saturated rings. The SMILES string of the molecule is CCN1CCN(C(=O)c2c[nH]c(=O)cn2)CC1. The molecule has 0 radical (unpaired) electrons. The third-order valence-electron chi connectivity index (χ3n) is 3.00. The summed E-state index contributed by atoms with van der Waals surface area (Å²) in [5, 5.41) is 0. The number of piperazine rings is 1. The molecule has 0 unspecified atom stereocenters. The molecule has 6 heteroatoms. The predicted octanol–water partition coefficient (Wildman–Crippen LogP) is -0.452. The maximum atomic E-state index is 12.0. The highest BCUT2D eigenvalue weighted by molar-refractivity contribution is 5.92. The largest absolute Gasteiger partial charge is 0.335 e. The van der Waals surface area contributed by atoms with Crippen molar-refractivity contribution < 1.29 is 4.79 Å². The first-order valence-corrected chi connectivity index (χ1v) is 5.77. The van der Waals surface area contributed by atoms with Gasteiger partial charge >= 0.3 is 0 Å². The molecule has 0 spiro atoms. The number of hydrogen-bond acceptors (Lipinski definition) is 4. The number of rotatable bonds is 2. The van der Waals surface area contributed by atoms with E-state index in [1.807, 2.05) is 0 Å². The molecule has 1 saturated heterocycles. The number of nitrogens with one attached hydrogen (secondary N) is 1. The molecule has 1 aliphatic heterocycles. The quantitative estimate of drug-likeness (QED) is 0.755. The maximum absolute atomic E-state index is 12.0. The van der Waals surface area contributed by atoms with Crippen LogP contribution >= 0.6 is 0 Å². The lowest BCUT2D eigenvalue weighted by atomic mass is 10.3. The smallest absolute Gasteiger partial charge is 0.274 e. The highest BCUT2D eigenvalue weighted by Crippen LogP contribution is 2.05. The Bertz CT molecular complexity index is 429. The first-order valence-electron chi connectivity index (χ1n) is 5.77. The van der Waals surface area contributed by atoms with Gasteiger partial charge in [0, 0.05) is 32.4 Å². The van der Waals surface area contributed by atoms with Gasteiger partial charge in [0.15, 0.2) is 0 Å². The maximum Gasteiger partial charge on any atom is 0.274 e. The van der Waals surface area contributed by atoms with Crippen LogP contribution in [0.5, 0.6) is 0 Å². The van der Waals surface area contributed by atoms with E-state index in [0.29, 0.717) is 18.8 Å². The first-order chi connectivity index (χ1) is 8.20. The number of hydrogen-bond donors (Lipinski definition) is 1. The summed E-state index contributed by atoms with van der Waals surface area (Å²) in [5.74, 6) is -0.114. The van der Waals surface area contributed by atoms with Crippen LogP contribution < -0.4 is 5.56 Å². The molecule has 6 nitrogen and oxygen atoms in total. The van der Waals surface area contributed by atoms with Crippen LogP contribution in [0.25, 0.3) is 0 Å². The van der Waals surface area contributed by atoms with E-state index in [1.54, 1.807) is 4.90 Å². The van der Waals surface area contributed by atoms with Gasteiger partial charge in [-0.3, -0.25) is 9.59 Å². The molecular weight excluding hydrogens is 220 g/mol. The van der Waals surface area contributed by atoms with E-state index in [4.69, 9.17) is 0 Å². The van der Waals surface area contributed by atoms with E-state index in [0.717, 1.165) is 25.8 Å². The van der Waals surface area contributed by atoms with Gasteiger partial charge in [0.2, 0.25) is 0 Å². The number of likely N-dealkylation sites (N-methyl/N-ethyl adjacent to an activating group) is 1. The summed E-state index contributed by atoms with van der Waals surface area (Å²) < 4.78 is 0. The molecule has 1 aromatic heterocycles. The van der Waals surface area contributed by atoms with Crippen molar-refractivity contribution in [1.29, 1.82) is 0 Å². The summed E-state index contributed by atoms with van der Waals surface area (Å²) in [5.41, 5.74) is 0.00639. The second-order valence-electron chi connectivity index (χ2n) is 4.02. The average Bonchev–Trinajstić information content (AvgIpc) is 2.39. The molecule has 0 saturated carbocycles. The van der Waals surface area contributed by atoms with Gasteiger partial charge in [-0.15, -0.1) is 0 Å². The van der Waals surface area contributed by atoms with Gasteiger partial charge in [-0.05, 0) is 6.54 Å². The van der Waals surface area contributed by atoms with Gasteiger partial charge in [0.05, 0.1) is 6.20 Å². The summed E-state index contributed by atoms with van der Waals surface area (Å²) in [6.07, 6.45) is 2.51. The molecule has 1 N–H and O–H groups in total. The van der Waals surface area contributed by atoms with E-state index in [-0.39, 0.29) is 11.5 Å². The normalized spacial score (nSPS) is 17.1. The lowest BCUT2D eigenvalue weighted by Crippen LogP contribution is -2.48. The Morgan fingerprint density at radius 3 is 2.65 bits per heavy atom. The molecule has 2 rings (SSSR count). The number of amides is 1. The molecule has 0 aromatic carbocycles. The van der Waals surface area contributed by atoms with Crippen LogP contribution in [0.1, 0.15) is 17.4 Å². The summed E-state index contributed by atoms with van der Waals surface area (Å²) in [7, 11) is 0. The summed E-state index contributed by atoms with van der Waals surface area (Å²) in [6.45, 7) is 6.35. The number of aromatic nitrogens is 2. The van der Waals surface area contributed by atoms with Crippen LogP contribution in [0.4, 0.5) is 0 Å². The minimum atomic E-state index is -0.294. The Labute approximate surface area is 99.3 Å². The van der Waals surface area contributed by atoms with Gasteiger partial charge < -0.3 is 14.8 Å². The first kappa shape index (κ1) is 11.8. The number of carbonyl (C=O) groups excluding carboxylic acids is 1. The molecule has 1 aromatic rings. The van der Waals surface area contributed by atoms with Crippen LogP contribution in [-0.4, -0.2) is 58.4 Å². The number of H-pyrrole nitrogens is 1. The zero-order valence-corrected chi connectivity index (χ0v) is 9.85. The second kappa shape index (κ2) is 5.09. The van der Waals surface area contributed by atoms with Gasteiger partial charge in [0.1, 0.15) is 5.69 Å². The van der Waals surface area contributed by atoms with E-state index < -0.39 is 0 Å². The molecule has 2 heterocycles. The fourth-order valence-electron chi connectivity index (χ4n) is 1.89. The van der Waals surface area contributed by atoms with Crippen LogP contribution in [-0.2, 0) is 0 Å². The van der Waals surface area contributed by atoms with E-state index in [1.165, 1.54) is 6.20 Å². The zero-order chi connectivity index (χ0) is 12.3. The molecule has 1 amide bonds. The topological polar surface area (TPSA) is 69.3 Å². The van der Waals surface area contributed by atoms with Gasteiger partial charge in [-0.1, -0.05) is 6.92 Å². The Kier molecular flexibility index (Phi) is 3.53. The van der Waals surface area contributed by atoms with E-state index >= 15 is 0 Å². The molecule has 0 bridgehead atoms. The minimum absolute atomic E-state index is 0.114. The van der Waals surface area contributed by atoms with Crippen LogP contribution in [0.3, 0.4) is 0 Å². The number of aromatic amines is 1. The van der Waals surface area contributed by atoms with Crippen molar-refractivity contribution in [3.8, 4) is 0 Å². The Morgan fingerprint density at radius 1 is 1.41 bits per heavy atom. The molecule has 92 valence electrons. The van der Waals surface area contributed by atoms with Crippen LogP contribution in [0.15, 0.2) is 17.2 Å². The fraction of sp³-hybridized carbons (Fsp3) is 0.545. The standard InChI is InChI=1S/C11H16N4O2/c1-2-14-3-5-15(6-4-14)11(17)9-7-13-10(16)8-12-9/h7-8H,2-6H2,1H3,(H,13,16). The molecular formula is C11H16N4O2. The van der Waals surface area contributed by atoms with Crippen molar-refractivity contribution in [2.45, 2.75) is 6.92 Å². The molecule has 1 aliphatic rings. The Balaban J connectivity index is 2.01. The van der Waals surface area contributed by atoms with Crippen molar-refractivity contribution in [3.63, 3.8) is 0 Å². The molecule has 17 heavy (non-hydrogen) atoms. The van der Waals surface area contributed by atoms with Crippen molar-refractivity contribution in [1.82, 2.24) is 19.8 Å². The molecule has 0 aliphatic carbocycles. The summed E-state index contributed by atoms with van der Waals surface area (Å²) in [4.78, 5) is 33.3. The monoisotopic (exact) mass is 236 g/mol. The molecule has 0 atom stereocenters. The highest BCUT2D eigenvalue weighted by Gasteiger charge is 2.21. The minimum Gasteiger partial charge on any atom is -0.335 e. The van der Waals surface area contributed by atoms with Crippen LogP contribution in [0.2, 0.25) is 0 Å². The summed E-state index contributed by atoms with van der Waals surface area (Å²) >= 11 is 0. The van der Waals surface area contributed by atoms with Gasteiger partial charge in [-0.2, -0.15) is 0 Å². The average molecular weight is 236 g/mol. The Hall–Kier alpha value is -1.69. The number of carbonyl (C=O) groups is 1. The lowest BCUT2D eigenvalue weighted by molar-refractivity contribution is 0.0637. The Morgan fingerprint density at radius 2 is 2.12 bits per heavy atom. The number of nitrogens with zero attached hydrogens (tertiary/aromatic N) is 3. The van der Waals surface area contributed by atoms with Crippen molar-refractivity contribution in [2.24, 2.45) is 0 Å². The van der Waals surface area contributed by atoms with Crippen molar-refractivity contribution in [2.75, 3.05) is 32.7 Å². The van der Waals surface area contributed by atoms with Crippen LogP contribution in [0, 0.1) is 0 Å². The third kappa shape index (κ3) is 2.71. The zero-order valence-electron chi connectivity index (χ0n) is 9.85. The predicted molar refractivity (Wildman–Crippen MR) is 62.9 cm³/mol. The second-order valence-corrected chi connectivity index (χ2v) is 4.02. The fourth-order valence-corrected chi connectivity index (χ4v) is 1.89. The van der Waals surface area contributed by atoms with Gasteiger partial charge in [-0.25, -0.2) is 4.98 Å². The van der Waals surface area contributed by atoms with E-state index in [9.17, 15) is 9.59 Å². The summed E-state index contributed by atoms with van der Waals surface area (Å²) in [6, 6.07) is 0. The van der Waals surface area contributed by atoms with E-state index in [2.05, 4.69) is 21.8 Å². The highest BCUT2D eigenvalue weighted by atomic mass is 16.2. The third-order valence-corrected chi connectivity index (χ3v) is 3.00. The lowest BCUT2D eigenvalue weighted by Gasteiger charge is -2.33. The van der Waals surface area contributed by atoms with Crippen molar-refractivity contribution in [3.05, 3.63) is 28.4 Å².